The molecule has 0 spiro atoms. The summed E-state index contributed by atoms with van der Waals surface area (Å²) in [4.78, 5) is 12.1. The van der Waals surface area contributed by atoms with Gasteiger partial charge in [0.2, 0.25) is 5.91 Å². The first kappa shape index (κ1) is 13.9. The Morgan fingerprint density at radius 1 is 1.42 bits per heavy atom. The molecule has 104 valence electrons. The molecular weight excluding hydrogens is 238 g/mol. The van der Waals surface area contributed by atoms with Crippen LogP contribution in [0, 0.1) is 5.92 Å². The van der Waals surface area contributed by atoms with Gasteiger partial charge in [0.1, 0.15) is 0 Å². The second kappa shape index (κ2) is 5.61. The largest absolute Gasteiger partial charge is 0.399 e. The fraction of sp³-hybridized carbons (Fsp3) is 0.533. The summed E-state index contributed by atoms with van der Waals surface area (Å²) < 4.78 is 0. The summed E-state index contributed by atoms with van der Waals surface area (Å²) in [6.07, 6.45) is 3.10. The zero-order valence-electron chi connectivity index (χ0n) is 11.6. The molecule has 1 aromatic carbocycles. The van der Waals surface area contributed by atoms with Crippen LogP contribution in [0.5, 0.6) is 0 Å². The lowest BCUT2D eigenvalue weighted by molar-refractivity contribution is -0.125. The van der Waals surface area contributed by atoms with Crippen LogP contribution in [0.25, 0.3) is 0 Å². The fourth-order valence-electron chi connectivity index (χ4n) is 2.53. The van der Waals surface area contributed by atoms with Crippen molar-refractivity contribution in [2.75, 3.05) is 5.73 Å². The number of carbonyl (C=O) groups is 1. The quantitative estimate of drug-likeness (QED) is 0.725. The third-order valence-corrected chi connectivity index (χ3v) is 4.00. The molecule has 0 heterocycles. The van der Waals surface area contributed by atoms with Crippen molar-refractivity contribution in [1.29, 1.82) is 0 Å². The average Bonchev–Trinajstić information content (AvgIpc) is 2.37. The minimum Gasteiger partial charge on any atom is -0.399 e. The first-order valence-electron chi connectivity index (χ1n) is 6.93. The van der Waals surface area contributed by atoms with E-state index in [0.717, 1.165) is 24.9 Å². The molecule has 0 saturated heterocycles. The van der Waals surface area contributed by atoms with Gasteiger partial charge in [-0.3, -0.25) is 4.79 Å². The van der Waals surface area contributed by atoms with Crippen LogP contribution in [-0.4, -0.2) is 11.9 Å². The smallest absolute Gasteiger partial charge is 0.224 e. The molecule has 0 saturated carbocycles. The number of nitrogen functional groups attached to an aromatic ring is 1. The number of fused-ring (bicyclic) bond motifs is 1. The van der Waals surface area contributed by atoms with Gasteiger partial charge >= 0.3 is 0 Å². The van der Waals surface area contributed by atoms with Crippen molar-refractivity contribution in [2.24, 2.45) is 11.7 Å². The molecule has 1 amide bonds. The summed E-state index contributed by atoms with van der Waals surface area (Å²) in [5, 5.41) is 3.12. The molecule has 3 unspecified atom stereocenters. The lowest BCUT2D eigenvalue weighted by atomic mass is 9.87. The van der Waals surface area contributed by atoms with Crippen molar-refractivity contribution in [3.8, 4) is 0 Å². The highest BCUT2D eigenvalue weighted by Gasteiger charge is 2.25. The summed E-state index contributed by atoms with van der Waals surface area (Å²) in [5.74, 6) is -0.135. The fourth-order valence-corrected chi connectivity index (χ4v) is 2.53. The second-order valence-corrected chi connectivity index (χ2v) is 5.56. The van der Waals surface area contributed by atoms with Crippen LogP contribution in [0.1, 0.15) is 43.9 Å². The Labute approximate surface area is 114 Å². The van der Waals surface area contributed by atoms with E-state index in [9.17, 15) is 4.79 Å². The topological polar surface area (TPSA) is 81.1 Å². The van der Waals surface area contributed by atoms with Crippen molar-refractivity contribution in [3.63, 3.8) is 0 Å². The molecule has 1 aliphatic carbocycles. The molecule has 0 radical (unpaired) electrons. The zero-order chi connectivity index (χ0) is 14.0. The molecule has 5 N–H and O–H groups in total. The van der Waals surface area contributed by atoms with Gasteiger partial charge < -0.3 is 16.8 Å². The predicted molar refractivity (Wildman–Crippen MR) is 77.5 cm³/mol. The zero-order valence-corrected chi connectivity index (χ0v) is 11.6. The van der Waals surface area contributed by atoms with Crippen molar-refractivity contribution in [2.45, 2.75) is 45.2 Å². The summed E-state index contributed by atoms with van der Waals surface area (Å²) in [6.45, 7) is 3.73. The van der Waals surface area contributed by atoms with E-state index in [4.69, 9.17) is 11.5 Å². The Morgan fingerprint density at radius 2 is 2.16 bits per heavy atom. The van der Waals surface area contributed by atoms with E-state index in [1.165, 1.54) is 11.1 Å². The molecule has 3 atom stereocenters. The third kappa shape index (κ3) is 3.07. The Bertz CT molecular complexity index is 470. The summed E-state index contributed by atoms with van der Waals surface area (Å²) in [5.41, 5.74) is 14.8. The molecule has 0 aliphatic heterocycles. The molecule has 4 nitrogen and oxygen atoms in total. The van der Waals surface area contributed by atoms with E-state index >= 15 is 0 Å². The maximum absolute atomic E-state index is 12.1. The van der Waals surface area contributed by atoms with Gasteiger partial charge in [-0.05, 0) is 49.4 Å². The lowest BCUT2D eigenvalue weighted by Crippen LogP contribution is -2.41. The normalized spacial score (nSPS) is 21.3. The first-order chi connectivity index (χ1) is 8.99. The predicted octanol–water partition coefficient (Wildman–Crippen LogP) is 1.75. The van der Waals surface area contributed by atoms with Crippen molar-refractivity contribution < 1.29 is 4.79 Å². The maximum Gasteiger partial charge on any atom is 0.224 e. The van der Waals surface area contributed by atoms with Gasteiger partial charge in [-0.25, -0.2) is 0 Å². The van der Waals surface area contributed by atoms with E-state index < -0.39 is 0 Å². The minimum atomic E-state index is -0.167. The third-order valence-electron chi connectivity index (χ3n) is 4.00. The monoisotopic (exact) mass is 261 g/mol. The van der Waals surface area contributed by atoms with Crippen LogP contribution in [0.4, 0.5) is 5.69 Å². The van der Waals surface area contributed by atoms with Gasteiger partial charge in [-0.15, -0.1) is 0 Å². The standard InChI is InChI=1S/C15H23N3O/c1-9(10(2)16)15(19)18-14-5-3-4-11-8-12(17)6-7-13(11)14/h6-10,14H,3-5,16-17H2,1-2H3,(H,18,19). The van der Waals surface area contributed by atoms with E-state index in [0.29, 0.717) is 0 Å². The van der Waals surface area contributed by atoms with Gasteiger partial charge in [0.25, 0.3) is 0 Å². The van der Waals surface area contributed by atoms with E-state index in [-0.39, 0.29) is 23.9 Å². The molecule has 0 bridgehead atoms. The Morgan fingerprint density at radius 3 is 2.84 bits per heavy atom. The number of hydrogen-bond donors (Lipinski definition) is 3. The van der Waals surface area contributed by atoms with Crippen molar-refractivity contribution in [1.82, 2.24) is 5.32 Å². The molecule has 19 heavy (non-hydrogen) atoms. The van der Waals surface area contributed by atoms with Gasteiger partial charge in [0.15, 0.2) is 0 Å². The number of anilines is 1. The number of amides is 1. The van der Waals surface area contributed by atoms with Gasteiger partial charge in [0, 0.05) is 17.6 Å². The number of rotatable bonds is 3. The molecule has 0 aromatic heterocycles. The Hall–Kier alpha value is -1.55. The number of nitrogens with one attached hydrogen (secondary N) is 1. The molecule has 4 heteroatoms. The molecule has 1 aliphatic rings. The number of nitrogens with two attached hydrogens (primary N) is 2. The van der Waals surface area contributed by atoms with Crippen LogP contribution in [0.3, 0.4) is 0 Å². The van der Waals surface area contributed by atoms with Crippen LogP contribution < -0.4 is 16.8 Å². The van der Waals surface area contributed by atoms with Gasteiger partial charge in [-0.2, -0.15) is 0 Å². The Kier molecular flexibility index (Phi) is 4.10. The van der Waals surface area contributed by atoms with E-state index in [1.54, 1.807) is 0 Å². The van der Waals surface area contributed by atoms with Crippen molar-refractivity contribution in [3.05, 3.63) is 29.3 Å². The number of carbonyl (C=O) groups excluding carboxylic acids is 1. The summed E-state index contributed by atoms with van der Waals surface area (Å²) in [7, 11) is 0. The van der Waals surface area contributed by atoms with Crippen LogP contribution in [0.2, 0.25) is 0 Å². The van der Waals surface area contributed by atoms with E-state index in [1.807, 2.05) is 32.0 Å². The second-order valence-electron chi connectivity index (χ2n) is 5.56. The minimum absolute atomic E-state index is 0.0321. The first-order valence-corrected chi connectivity index (χ1v) is 6.93. The SMILES string of the molecule is CC(N)C(C)C(=O)NC1CCCc2cc(N)ccc21. The average molecular weight is 261 g/mol. The van der Waals surface area contributed by atoms with E-state index in [2.05, 4.69) is 5.32 Å². The van der Waals surface area contributed by atoms with Crippen LogP contribution >= 0.6 is 0 Å². The summed E-state index contributed by atoms with van der Waals surface area (Å²) in [6, 6.07) is 5.92. The molecule has 0 fully saturated rings. The molecule has 1 aromatic rings. The maximum atomic E-state index is 12.1. The Balaban J connectivity index is 2.14. The van der Waals surface area contributed by atoms with Crippen LogP contribution in [0.15, 0.2) is 18.2 Å². The number of aryl methyl sites for hydroxylation is 1. The lowest BCUT2D eigenvalue weighted by Gasteiger charge is -2.28. The highest BCUT2D eigenvalue weighted by molar-refractivity contribution is 5.79. The van der Waals surface area contributed by atoms with Gasteiger partial charge in [0.05, 0.1) is 6.04 Å². The van der Waals surface area contributed by atoms with Crippen molar-refractivity contribution >= 4 is 11.6 Å². The number of hydrogen-bond acceptors (Lipinski definition) is 3. The molecular formula is C15H23N3O. The summed E-state index contributed by atoms with van der Waals surface area (Å²) >= 11 is 0. The highest BCUT2D eigenvalue weighted by Crippen LogP contribution is 2.31. The molecule has 2 rings (SSSR count). The van der Waals surface area contributed by atoms with Gasteiger partial charge in [-0.1, -0.05) is 13.0 Å². The van der Waals surface area contributed by atoms with Crippen LogP contribution in [-0.2, 0) is 11.2 Å². The number of benzene rings is 1. The highest BCUT2D eigenvalue weighted by atomic mass is 16.1.